The quantitative estimate of drug-likeness (QED) is 0.691. The van der Waals surface area contributed by atoms with Crippen LogP contribution in [0.5, 0.6) is 17.2 Å². The summed E-state index contributed by atoms with van der Waals surface area (Å²) < 4.78 is 15.9. The number of para-hydroxylation sites is 2. The number of nitriles is 1. The lowest BCUT2D eigenvalue weighted by Gasteiger charge is -2.14. The number of benzene rings is 2. The SMILES string of the molecule is COc1cc(CC(=O)[C@@H](C#N)c2nc3ccccc3[nH]2)cc(OC)c1OC. The number of fused-ring (bicyclic) bond motifs is 1. The zero-order valence-corrected chi connectivity index (χ0v) is 15.3. The second kappa shape index (κ2) is 7.79. The summed E-state index contributed by atoms with van der Waals surface area (Å²) in [5.74, 6) is 0.442. The van der Waals surface area contributed by atoms with Crippen molar-refractivity contribution in [1.82, 2.24) is 9.97 Å². The number of H-pyrrole nitrogens is 1. The fourth-order valence-electron chi connectivity index (χ4n) is 2.94. The summed E-state index contributed by atoms with van der Waals surface area (Å²) >= 11 is 0. The van der Waals surface area contributed by atoms with Crippen LogP contribution >= 0.6 is 0 Å². The number of hydrogen-bond donors (Lipinski definition) is 1. The summed E-state index contributed by atoms with van der Waals surface area (Å²) in [5, 5.41) is 9.54. The topological polar surface area (TPSA) is 97.2 Å². The molecule has 0 aliphatic carbocycles. The van der Waals surface area contributed by atoms with E-state index in [1.807, 2.05) is 30.3 Å². The van der Waals surface area contributed by atoms with E-state index in [4.69, 9.17) is 14.2 Å². The number of carbonyl (C=O) groups is 1. The molecule has 1 N–H and O–H groups in total. The van der Waals surface area contributed by atoms with Crippen molar-refractivity contribution in [1.29, 1.82) is 5.26 Å². The highest BCUT2D eigenvalue weighted by Gasteiger charge is 2.25. The largest absolute Gasteiger partial charge is 0.493 e. The van der Waals surface area contributed by atoms with Gasteiger partial charge in [-0.3, -0.25) is 4.79 Å². The molecular weight excluding hydrogens is 346 g/mol. The molecule has 0 saturated carbocycles. The van der Waals surface area contributed by atoms with Crippen molar-refractivity contribution < 1.29 is 19.0 Å². The van der Waals surface area contributed by atoms with Gasteiger partial charge >= 0.3 is 0 Å². The first-order valence-corrected chi connectivity index (χ1v) is 8.27. The maximum absolute atomic E-state index is 12.8. The van der Waals surface area contributed by atoms with Gasteiger partial charge in [-0.15, -0.1) is 0 Å². The lowest BCUT2D eigenvalue weighted by atomic mass is 9.98. The standard InChI is InChI=1S/C20H19N3O4/c1-25-17-9-12(10-18(26-2)19(17)27-3)8-16(24)13(11-21)20-22-14-6-4-5-7-15(14)23-20/h4-7,9-10,13H,8H2,1-3H3,(H,22,23)/t13-/m1/s1. The molecule has 27 heavy (non-hydrogen) atoms. The Morgan fingerprint density at radius 3 is 2.37 bits per heavy atom. The van der Waals surface area contributed by atoms with E-state index in [1.165, 1.54) is 21.3 Å². The van der Waals surface area contributed by atoms with Crippen molar-refractivity contribution in [3.63, 3.8) is 0 Å². The Hall–Kier alpha value is -3.53. The van der Waals surface area contributed by atoms with Gasteiger partial charge in [0.25, 0.3) is 0 Å². The van der Waals surface area contributed by atoms with Gasteiger partial charge in [0.1, 0.15) is 5.82 Å². The first-order valence-electron chi connectivity index (χ1n) is 8.27. The van der Waals surface area contributed by atoms with Crippen molar-refractivity contribution in [2.24, 2.45) is 0 Å². The van der Waals surface area contributed by atoms with Gasteiger partial charge in [-0.2, -0.15) is 5.26 Å². The van der Waals surface area contributed by atoms with Crippen LogP contribution in [-0.4, -0.2) is 37.1 Å². The molecule has 7 nitrogen and oxygen atoms in total. The minimum absolute atomic E-state index is 0.0337. The first kappa shape index (κ1) is 18.3. The number of ketones is 1. The molecule has 3 aromatic rings. The van der Waals surface area contributed by atoms with Gasteiger partial charge < -0.3 is 19.2 Å². The Labute approximate surface area is 156 Å². The van der Waals surface area contributed by atoms with E-state index in [1.54, 1.807) is 12.1 Å². The fraction of sp³-hybridized carbons (Fsp3) is 0.250. The minimum Gasteiger partial charge on any atom is -0.493 e. The highest BCUT2D eigenvalue weighted by Crippen LogP contribution is 2.38. The molecule has 7 heteroatoms. The summed E-state index contributed by atoms with van der Waals surface area (Å²) in [5.41, 5.74) is 2.16. The molecule has 3 rings (SSSR count). The van der Waals surface area contributed by atoms with E-state index >= 15 is 0 Å². The van der Waals surface area contributed by atoms with Crippen molar-refractivity contribution in [3.05, 3.63) is 47.8 Å². The Balaban J connectivity index is 1.90. The number of aromatic amines is 1. The third kappa shape index (κ3) is 3.55. The molecule has 138 valence electrons. The van der Waals surface area contributed by atoms with Gasteiger partial charge in [-0.1, -0.05) is 12.1 Å². The van der Waals surface area contributed by atoms with Crippen molar-refractivity contribution in [3.8, 4) is 23.3 Å². The van der Waals surface area contributed by atoms with Crippen LogP contribution in [0.15, 0.2) is 36.4 Å². The number of nitrogens with zero attached hydrogens (tertiary/aromatic N) is 2. The molecule has 0 saturated heterocycles. The average molecular weight is 365 g/mol. The van der Waals surface area contributed by atoms with E-state index < -0.39 is 5.92 Å². The summed E-state index contributed by atoms with van der Waals surface area (Å²) in [4.78, 5) is 20.2. The maximum atomic E-state index is 12.8. The van der Waals surface area contributed by atoms with E-state index in [0.29, 0.717) is 34.2 Å². The molecule has 0 amide bonds. The normalized spacial score (nSPS) is 11.6. The molecule has 0 bridgehead atoms. The number of Topliss-reactive ketones (excluding diaryl/α,β-unsaturated/α-hetero) is 1. The predicted octanol–water partition coefficient (Wildman–Crippen LogP) is 3.01. The highest BCUT2D eigenvalue weighted by molar-refractivity contribution is 5.90. The van der Waals surface area contributed by atoms with Crippen molar-refractivity contribution >= 4 is 16.8 Å². The molecule has 0 radical (unpaired) electrons. The average Bonchev–Trinajstić information content (AvgIpc) is 3.11. The molecule has 1 atom stereocenters. The number of ether oxygens (including phenoxy) is 3. The molecule has 1 heterocycles. The Bertz CT molecular complexity index is 961. The monoisotopic (exact) mass is 365 g/mol. The summed E-state index contributed by atoms with van der Waals surface area (Å²) in [6, 6.07) is 12.8. The third-order valence-corrected chi connectivity index (χ3v) is 4.24. The van der Waals surface area contributed by atoms with Gasteiger partial charge in [0.2, 0.25) is 5.75 Å². The second-order valence-corrected chi connectivity index (χ2v) is 5.88. The molecule has 0 aliphatic rings. The van der Waals surface area contributed by atoms with Crippen LogP contribution in [0.2, 0.25) is 0 Å². The van der Waals surface area contributed by atoms with Gasteiger partial charge in [-0.25, -0.2) is 4.98 Å². The molecule has 1 aromatic heterocycles. The van der Waals surface area contributed by atoms with Crippen LogP contribution in [0.4, 0.5) is 0 Å². The number of hydrogen-bond acceptors (Lipinski definition) is 6. The van der Waals surface area contributed by atoms with Crippen molar-refractivity contribution in [2.45, 2.75) is 12.3 Å². The number of imidazole rings is 1. The van der Waals surface area contributed by atoms with Crippen LogP contribution in [0.25, 0.3) is 11.0 Å². The number of aromatic nitrogens is 2. The van der Waals surface area contributed by atoms with Gasteiger partial charge in [-0.05, 0) is 29.8 Å². The predicted molar refractivity (Wildman–Crippen MR) is 99.3 cm³/mol. The molecule has 2 aromatic carbocycles. The minimum atomic E-state index is -0.989. The van der Waals surface area contributed by atoms with Crippen LogP contribution in [0, 0.1) is 11.3 Å². The van der Waals surface area contributed by atoms with Gasteiger partial charge in [0.05, 0.1) is 38.4 Å². The maximum Gasteiger partial charge on any atom is 0.203 e. The van der Waals surface area contributed by atoms with Gasteiger partial charge in [0.15, 0.2) is 23.2 Å². The molecule has 0 aliphatic heterocycles. The Kier molecular flexibility index (Phi) is 5.27. The second-order valence-electron chi connectivity index (χ2n) is 5.88. The number of rotatable bonds is 7. The molecule has 0 fully saturated rings. The Morgan fingerprint density at radius 1 is 1.15 bits per heavy atom. The summed E-state index contributed by atoms with van der Waals surface area (Å²) in [6.07, 6.45) is 0.0337. The van der Waals surface area contributed by atoms with Gasteiger partial charge in [0, 0.05) is 6.42 Å². The highest BCUT2D eigenvalue weighted by atomic mass is 16.5. The van der Waals surface area contributed by atoms with Crippen LogP contribution in [-0.2, 0) is 11.2 Å². The molecule has 0 spiro atoms. The number of carbonyl (C=O) groups excluding carboxylic acids is 1. The summed E-state index contributed by atoms with van der Waals surface area (Å²) in [7, 11) is 4.53. The van der Waals surface area contributed by atoms with Crippen LogP contribution in [0.3, 0.4) is 0 Å². The fourth-order valence-corrected chi connectivity index (χ4v) is 2.94. The zero-order chi connectivity index (χ0) is 19.4. The van der Waals surface area contributed by atoms with Crippen molar-refractivity contribution in [2.75, 3.05) is 21.3 Å². The number of methoxy groups -OCH3 is 3. The lowest BCUT2D eigenvalue weighted by molar-refractivity contribution is -0.118. The van der Waals surface area contributed by atoms with Crippen LogP contribution < -0.4 is 14.2 Å². The lowest BCUT2D eigenvalue weighted by Crippen LogP contribution is -2.15. The smallest absolute Gasteiger partial charge is 0.203 e. The third-order valence-electron chi connectivity index (χ3n) is 4.24. The molecular formula is C20H19N3O4. The first-order chi connectivity index (χ1) is 13.1. The van der Waals surface area contributed by atoms with E-state index in [0.717, 1.165) is 5.52 Å². The van der Waals surface area contributed by atoms with E-state index in [9.17, 15) is 10.1 Å². The van der Waals surface area contributed by atoms with Crippen LogP contribution in [0.1, 0.15) is 17.3 Å². The summed E-state index contributed by atoms with van der Waals surface area (Å²) in [6.45, 7) is 0. The van der Waals surface area contributed by atoms with E-state index in [-0.39, 0.29) is 12.2 Å². The zero-order valence-electron chi connectivity index (χ0n) is 15.3. The van der Waals surface area contributed by atoms with E-state index in [2.05, 4.69) is 9.97 Å². The Morgan fingerprint density at radius 2 is 1.81 bits per heavy atom. The molecule has 0 unspecified atom stereocenters. The number of nitrogens with one attached hydrogen (secondary N) is 1.